The molecule has 0 N–H and O–H groups in total. The fourth-order valence-electron chi connectivity index (χ4n) is 3.04. The van der Waals surface area contributed by atoms with Gasteiger partial charge in [-0.3, -0.25) is 9.59 Å². The Morgan fingerprint density at radius 2 is 2.10 bits per heavy atom. The lowest BCUT2D eigenvalue weighted by atomic mass is 10.0. The Hall–Kier alpha value is -2.92. The van der Waals surface area contributed by atoms with Crippen molar-refractivity contribution in [1.29, 1.82) is 5.26 Å². The van der Waals surface area contributed by atoms with Crippen LogP contribution in [0.5, 0.6) is 0 Å². The van der Waals surface area contributed by atoms with Crippen molar-refractivity contribution in [2.75, 3.05) is 13.2 Å². The topological polar surface area (TPSA) is 98.4 Å². The van der Waals surface area contributed by atoms with E-state index in [1.165, 1.54) is 6.20 Å². The normalized spacial score (nSPS) is 13.2. The molecule has 1 fully saturated rings. The summed E-state index contributed by atoms with van der Waals surface area (Å²) in [5.74, 6) is -2.36. The van der Waals surface area contributed by atoms with Gasteiger partial charge in [-0.2, -0.15) is 5.26 Å². The summed E-state index contributed by atoms with van der Waals surface area (Å²) in [6.07, 6.45) is 2.61. The molecule has 0 atom stereocenters. The summed E-state index contributed by atoms with van der Waals surface area (Å²) >= 11 is 6.42. The monoisotopic (exact) mass is 420 g/mol. The van der Waals surface area contributed by atoms with Crippen molar-refractivity contribution in [3.63, 3.8) is 0 Å². The highest BCUT2D eigenvalue weighted by atomic mass is 35.5. The molecule has 1 aromatic heterocycles. The van der Waals surface area contributed by atoms with Gasteiger partial charge in [-0.05, 0) is 25.8 Å². The van der Waals surface area contributed by atoms with Gasteiger partial charge >= 0.3 is 11.9 Å². The Labute approximate surface area is 170 Å². The number of pyridine rings is 1. The van der Waals surface area contributed by atoms with Gasteiger partial charge in [0.1, 0.15) is 18.0 Å². The summed E-state index contributed by atoms with van der Waals surface area (Å²) in [5, 5.41) is 8.38. The molecule has 1 heterocycles. The number of benzene rings is 1. The molecular formula is C20H18ClFN2O5. The van der Waals surface area contributed by atoms with Crippen molar-refractivity contribution in [3.05, 3.63) is 44.5 Å². The van der Waals surface area contributed by atoms with Crippen molar-refractivity contribution < 1.29 is 23.5 Å². The lowest BCUT2D eigenvalue weighted by molar-refractivity contribution is -0.142. The number of fused-ring (bicyclic) bond motifs is 1. The number of nitriles is 1. The predicted molar refractivity (Wildman–Crippen MR) is 102 cm³/mol. The molecule has 1 aliphatic rings. The molecule has 0 amide bonds. The maximum atomic E-state index is 14.7. The zero-order valence-electron chi connectivity index (χ0n) is 15.7. The van der Waals surface area contributed by atoms with Crippen LogP contribution in [0.2, 0.25) is 5.02 Å². The number of hydrogen-bond acceptors (Lipinski definition) is 6. The van der Waals surface area contributed by atoms with Gasteiger partial charge in [0.2, 0.25) is 5.43 Å². The number of esters is 2. The zero-order valence-corrected chi connectivity index (χ0v) is 16.4. The van der Waals surface area contributed by atoms with Gasteiger partial charge in [-0.25, -0.2) is 9.18 Å². The number of ether oxygens (including phenoxy) is 2. The molecule has 0 unspecified atom stereocenters. The van der Waals surface area contributed by atoms with E-state index in [0.717, 1.165) is 18.9 Å². The van der Waals surface area contributed by atoms with Crippen molar-refractivity contribution in [2.24, 2.45) is 0 Å². The fourth-order valence-corrected chi connectivity index (χ4v) is 3.40. The number of halogens is 2. The first kappa shape index (κ1) is 20.8. The number of nitrogens with zero attached hydrogens (tertiary/aromatic N) is 2. The van der Waals surface area contributed by atoms with Crippen LogP contribution in [0, 0.1) is 17.1 Å². The zero-order chi connectivity index (χ0) is 21.1. The third-order valence-corrected chi connectivity index (χ3v) is 4.94. The van der Waals surface area contributed by atoms with Crippen molar-refractivity contribution in [2.45, 2.75) is 38.6 Å². The van der Waals surface area contributed by atoms with Gasteiger partial charge in [0.25, 0.3) is 0 Å². The highest BCUT2D eigenvalue weighted by Crippen LogP contribution is 2.40. The van der Waals surface area contributed by atoms with E-state index in [2.05, 4.69) is 0 Å². The van der Waals surface area contributed by atoms with E-state index < -0.39 is 29.6 Å². The summed E-state index contributed by atoms with van der Waals surface area (Å²) < 4.78 is 26.2. The lowest BCUT2D eigenvalue weighted by Gasteiger charge is -2.16. The number of aromatic nitrogens is 1. The number of carbonyl (C=O) groups excluding carboxylic acids is 2. The summed E-state index contributed by atoms with van der Waals surface area (Å²) in [4.78, 5) is 36.9. The van der Waals surface area contributed by atoms with E-state index in [4.69, 9.17) is 26.3 Å². The Balaban J connectivity index is 2.12. The first-order valence-electron chi connectivity index (χ1n) is 9.14. The van der Waals surface area contributed by atoms with Gasteiger partial charge in [0.15, 0.2) is 0 Å². The SMILES string of the molecule is CCOC(=O)c1cn(C2CC2)c2c(Cl)c(CC(=O)OCCC#N)c(F)cc2c1=O. The van der Waals surface area contributed by atoms with Crippen molar-refractivity contribution >= 4 is 34.4 Å². The van der Waals surface area contributed by atoms with E-state index in [1.54, 1.807) is 11.5 Å². The Morgan fingerprint density at radius 1 is 1.38 bits per heavy atom. The molecule has 7 nitrogen and oxygen atoms in total. The van der Waals surface area contributed by atoms with Gasteiger partial charge in [-0.15, -0.1) is 0 Å². The molecule has 1 saturated carbocycles. The fraction of sp³-hybridized carbons (Fsp3) is 0.400. The molecule has 0 aliphatic heterocycles. The molecule has 1 aromatic carbocycles. The first-order valence-corrected chi connectivity index (χ1v) is 9.52. The Kier molecular flexibility index (Phi) is 6.18. The third kappa shape index (κ3) is 4.25. The van der Waals surface area contributed by atoms with Crippen LogP contribution in [0.15, 0.2) is 17.1 Å². The van der Waals surface area contributed by atoms with E-state index in [0.29, 0.717) is 0 Å². The average molecular weight is 421 g/mol. The van der Waals surface area contributed by atoms with Gasteiger partial charge in [0.05, 0.1) is 41.4 Å². The second kappa shape index (κ2) is 8.62. The summed E-state index contributed by atoms with van der Waals surface area (Å²) in [6, 6.07) is 2.84. The lowest BCUT2D eigenvalue weighted by Crippen LogP contribution is -2.22. The molecule has 2 aromatic rings. The molecular weight excluding hydrogens is 403 g/mol. The molecule has 0 bridgehead atoms. The maximum Gasteiger partial charge on any atom is 0.343 e. The summed E-state index contributed by atoms with van der Waals surface area (Å²) in [6.45, 7) is 1.62. The second-order valence-electron chi connectivity index (χ2n) is 6.58. The maximum absolute atomic E-state index is 14.7. The Morgan fingerprint density at radius 3 is 2.72 bits per heavy atom. The minimum absolute atomic E-state index is 0.0182. The van der Waals surface area contributed by atoms with Crippen LogP contribution in [-0.4, -0.2) is 29.7 Å². The second-order valence-corrected chi connectivity index (χ2v) is 6.96. The molecule has 0 saturated heterocycles. The first-order chi connectivity index (χ1) is 13.9. The van der Waals surface area contributed by atoms with Crippen LogP contribution in [0.25, 0.3) is 10.9 Å². The highest BCUT2D eigenvalue weighted by molar-refractivity contribution is 6.36. The van der Waals surface area contributed by atoms with Crippen LogP contribution in [0.1, 0.15) is 48.1 Å². The summed E-state index contributed by atoms with van der Waals surface area (Å²) in [7, 11) is 0. The molecule has 0 spiro atoms. The molecule has 0 radical (unpaired) electrons. The van der Waals surface area contributed by atoms with E-state index in [-0.39, 0.29) is 52.7 Å². The van der Waals surface area contributed by atoms with Crippen molar-refractivity contribution in [1.82, 2.24) is 4.57 Å². The number of carbonyl (C=O) groups is 2. The predicted octanol–water partition coefficient (Wildman–Crippen LogP) is 3.30. The van der Waals surface area contributed by atoms with E-state index in [1.807, 2.05) is 6.07 Å². The Bertz CT molecular complexity index is 1090. The smallest absolute Gasteiger partial charge is 0.343 e. The van der Waals surface area contributed by atoms with Gasteiger partial charge in [0, 0.05) is 17.8 Å². The van der Waals surface area contributed by atoms with Crippen LogP contribution in [0.4, 0.5) is 4.39 Å². The quantitative estimate of drug-likeness (QED) is 0.503. The van der Waals surface area contributed by atoms with Crippen LogP contribution in [-0.2, 0) is 20.7 Å². The molecule has 1 aliphatic carbocycles. The van der Waals surface area contributed by atoms with E-state index >= 15 is 0 Å². The number of rotatable bonds is 7. The minimum Gasteiger partial charge on any atom is -0.464 e. The van der Waals surface area contributed by atoms with Crippen molar-refractivity contribution in [3.8, 4) is 6.07 Å². The average Bonchev–Trinajstić information content (AvgIpc) is 3.51. The molecule has 152 valence electrons. The number of hydrogen-bond donors (Lipinski definition) is 0. The third-order valence-electron chi connectivity index (χ3n) is 4.54. The molecule has 29 heavy (non-hydrogen) atoms. The molecule has 3 rings (SSSR count). The van der Waals surface area contributed by atoms with Crippen LogP contribution >= 0.6 is 11.6 Å². The van der Waals surface area contributed by atoms with Gasteiger partial charge in [-0.1, -0.05) is 11.6 Å². The molecule has 9 heteroatoms. The van der Waals surface area contributed by atoms with Gasteiger partial charge < -0.3 is 14.0 Å². The summed E-state index contributed by atoms with van der Waals surface area (Å²) in [5.41, 5.74) is -0.697. The minimum atomic E-state index is -0.847. The highest BCUT2D eigenvalue weighted by Gasteiger charge is 2.30. The van der Waals surface area contributed by atoms with Crippen LogP contribution < -0.4 is 5.43 Å². The van der Waals surface area contributed by atoms with E-state index in [9.17, 15) is 18.8 Å². The largest absolute Gasteiger partial charge is 0.464 e. The standard InChI is InChI=1S/C20H18ClFN2O5/c1-2-28-20(27)14-10-24(11-4-5-11)18-13(19(14)26)8-15(22)12(17(18)21)9-16(25)29-7-3-6-23/h8,10-11H,2-5,7,9H2,1H3. The van der Waals surface area contributed by atoms with Crippen LogP contribution in [0.3, 0.4) is 0 Å².